The normalized spacial score (nSPS) is 15.3. The first-order valence-electron chi connectivity index (χ1n) is 9.52. The molecule has 3 N–H and O–H groups in total. The average molecular weight is 385 g/mol. The van der Waals surface area contributed by atoms with Crippen molar-refractivity contribution in [3.05, 3.63) is 50.7 Å². The standard InChI is InChI=1S/C20H27N5O3/c1-13(17(26)16-18(21)23(2)20(28)24(3)19(16)27)22-14-7-9-15(10-8-14)25-11-5-4-6-12-25/h7-10,13,22H,4-6,11-12,21H2,1-3H3/t13-/m1/s1. The molecular weight excluding hydrogens is 358 g/mol. The molecule has 0 radical (unpaired) electrons. The lowest BCUT2D eigenvalue weighted by Gasteiger charge is -2.29. The summed E-state index contributed by atoms with van der Waals surface area (Å²) in [7, 11) is 2.77. The fourth-order valence-electron chi connectivity index (χ4n) is 3.54. The molecule has 1 aliphatic heterocycles. The van der Waals surface area contributed by atoms with Crippen LogP contribution in [0.5, 0.6) is 0 Å². The molecule has 0 aliphatic carbocycles. The van der Waals surface area contributed by atoms with E-state index in [2.05, 4.69) is 10.2 Å². The largest absolute Gasteiger partial charge is 0.384 e. The van der Waals surface area contributed by atoms with E-state index in [4.69, 9.17) is 5.73 Å². The van der Waals surface area contributed by atoms with E-state index in [0.29, 0.717) is 0 Å². The summed E-state index contributed by atoms with van der Waals surface area (Å²) in [6, 6.07) is 7.24. The molecular formula is C20H27N5O3. The van der Waals surface area contributed by atoms with Crippen LogP contribution in [0.2, 0.25) is 0 Å². The van der Waals surface area contributed by atoms with Crippen LogP contribution in [-0.4, -0.2) is 34.0 Å². The third-order valence-electron chi connectivity index (χ3n) is 5.32. The van der Waals surface area contributed by atoms with Crippen molar-refractivity contribution in [1.82, 2.24) is 9.13 Å². The van der Waals surface area contributed by atoms with Crippen molar-refractivity contribution >= 4 is 23.0 Å². The quantitative estimate of drug-likeness (QED) is 0.753. The summed E-state index contributed by atoms with van der Waals surface area (Å²) < 4.78 is 2.00. The first-order chi connectivity index (χ1) is 13.3. The van der Waals surface area contributed by atoms with Crippen molar-refractivity contribution in [1.29, 1.82) is 0 Å². The lowest BCUT2D eigenvalue weighted by molar-refractivity contribution is 0.0973. The lowest BCUT2D eigenvalue weighted by Crippen LogP contribution is -2.43. The molecule has 8 heteroatoms. The zero-order valence-electron chi connectivity index (χ0n) is 16.6. The molecule has 8 nitrogen and oxygen atoms in total. The van der Waals surface area contributed by atoms with E-state index in [1.54, 1.807) is 6.92 Å². The highest BCUT2D eigenvalue weighted by Gasteiger charge is 2.24. The van der Waals surface area contributed by atoms with E-state index in [1.807, 2.05) is 24.3 Å². The molecule has 3 rings (SSSR count). The monoisotopic (exact) mass is 385 g/mol. The number of anilines is 3. The minimum Gasteiger partial charge on any atom is -0.384 e. The number of rotatable bonds is 5. The summed E-state index contributed by atoms with van der Waals surface area (Å²) in [5.74, 6) is -0.569. The van der Waals surface area contributed by atoms with Crippen LogP contribution >= 0.6 is 0 Å². The Bertz CT molecular complexity index is 985. The minimum atomic E-state index is -0.681. The molecule has 0 saturated carbocycles. The number of ketones is 1. The van der Waals surface area contributed by atoms with Crippen LogP contribution in [0.3, 0.4) is 0 Å². The second-order valence-electron chi connectivity index (χ2n) is 7.29. The first kappa shape index (κ1) is 19.7. The Labute approximate surface area is 163 Å². The van der Waals surface area contributed by atoms with Crippen LogP contribution in [0.1, 0.15) is 36.5 Å². The third kappa shape index (κ3) is 3.67. The van der Waals surface area contributed by atoms with Crippen LogP contribution < -0.4 is 27.2 Å². The van der Waals surface area contributed by atoms with Gasteiger partial charge in [0.1, 0.15) is 11.4 Å². The fraction of sp³-hybridized carbons (Fsp3) is 0.450. The number of hydrogen-bond acceptors (Lipinski definition) is 6. The topological polar surface area (TPSA) is 102 Å². The van der Waals surface area contributed by atoms with E-state index in [1.165, 1.54) is 39.0 Å². The number of nitrogens with zero attached hydrogens (tertiary/aromatic N) is 3. The Kier molecular flexibility index (Phi) is 5.58. The predicted molar refractivity (Wildman–Crippen MR) is 111 cm³/mol. The van der Waals surface area contributed by atoms with Gasteiger partial charge < -0.3 is 16.0 Å². The van der Waals surface area contributed by atoms with Gasteiger partial charge in [-0.2, -0.15) is 0 Å². The van der Waals surface area contributed by atoms with Crippen molar-refractivity contribution < 1.29 is 4.79 Å². The highest BCUT2D eigenvalue weighted by atomic mass is 16.2. The summed E-state index contributed by atoms with van der Waals surface area (Å²) in [6.45, 7) is 3.80. The number of nitrogens with two attached hydrogens (primary N) is 1. The summed E-state index contributed by atoms with van der Waals surface area (Å²) in [6.07, 6.45) is 3.70. The van der Waals surface area contributed by atoms with Gasteiger partial charge in [-0.3, -0.25) is 18.7 Å². The third-order valence-corrected chi connectivity index (χ3v) is 5.32. The Morgan fingerprint density at radius 1 is 1.04 bits per heavy atom. The highest BCUT2D eigenvalue weighted by Crippen LogP contribution is 2.22. The number of Topliss-reactive ketones (excluding diaryl/α,β-unsaturated/α-hetero) is 1. The van der Waals surface area contributed by atoms with Crippen LogP contribution in [0, 0.1) is 0 Å². The molecule has 0 bridgehead atoms. The molecule has 28 heavy (non-hydrogen) atoms. The van der Waals surface area contributed by atoms with E-state index in [0.717, 1.165) is 27.9 Å². The number of benzene rings is 1. The summed E-state index contributed by atoms with van der Waals surface area (Å²) in [5.41, 5.74) is 6.42. The smallest absolute Gasteiger partial charge is 0.332 e. The van der Waals surface area contributed by atoms with Gasteiger partial charge in [-0.15, -0.1) is 0 Å². The molecule has 2 heterocycles. The molecule has 2 aromatic rings. The molecule has 0 amide bonds. The van der Waals surface area contributed by atoms with Crippen molar-refractivity contribution in [3.8, 4) is 0 Å². The van der Waals surface area contributed by atoms with Crippen molar-refractivity contribution in [2.24, 2.45) is 14.1 Å². The molecule has 1 aliphatic rings. The Morgan fingerprint density at radius 3 is 2.25 bits per heavy atom. The summed E-state index contributed by atoms with van der Waals surface area (Å²) in [5, 5.41) is 3.12. The van der Waals surface area contributed by atoms with Crippen LogP contribution in [0.25, 0.3) is 0 Å². The number of nitrogen functional groups attached to an aromatic ring is 1. The van der Waals surface area contributed by atoms with Gasteiger partial charge >= 0.3 is 5.69 Å². The number of carbonyl (C=O) groups excluding carboxylic acids is 1. The van der Waals surface area contributed by atoms with Crippen LogP contribution in [-0.2, 0) is 14.1 Å². The fourth-order valence-corrected chi connectivity index (χ4v) is 3.54. The van der Waals surface area contributed by atoms with Crippen molar-refractivity contribution in [2.45, 2.75) is 32.2 Å². The van der Waals surface area contributed by atoms with Gasteiger partial charge in [0.2, 0.25) is 0 Å². The SMILES string of the molecule is C[C@@H](Nc1ccc(N2CCCCC2)cc1)C(=O)c1c(N)n(C)c(=O)n(C)c1=O. The number of aromatic nitrogens is 2. The second kappa shape index (κ2) is 7.92. The van der Waals surface area contributed by atoms with Crippen molar-refractivity contribution in [2.75, 3.05) is 29.0 Å². The Hall–Kier alpha value is -3.03. The van der Waals surface area contributed by atoms with Crippen LogP contribution in [0.15, 0.2) is 33.9 Å². The second-order valence-corrected chi connectivity index (χ2v) is 7.29. The molecule has 1 atom stereocenters. The van der Waals surface area contributed by atoms with E-state index in [9.17, 15) is 14.4 Å². The molecule has 1 aromatic heterocycles. The molecule has 150 valence electrons. The van der Waals surface area contributed by atoms with Crippen molar-refractivity contribution in [3.63, 3.8) is 0 Å². The molecule has 1 saturated heterocycles. The van der Waals surface area contributed by atoms with Crippen LogP contribution in [0.4, 0.5) is 17.2 Å². The molecule has 1 fully saturated rings. The highest BCUT2D eigenvalue weighted by molar-refractivity contribution is 6.04. The average Bonchev–Trinajstić information content (AvgIpc) is 2.72. The number of hydrogen-bond donors (Lipinski definition) is 2. The lowest BCUT2D eigenvalue weighted by atomic mass is 10.1. The molecule has 0 spiro atoms. The van der Waals surface area contributed by atoms with Gasteiger partial charge in [0, 0.05) is 38.6 Å². The van der Waals surface area contributed by atoms with Gasteiger partial charge in [-0.1, -0.05) is 0 Å². The summed E-state index contributed by atoms with van der Waals surface area (Å²) >= 11 is 0. The predicted octanol–water partition coefficient (Wildman–Crippen LogP) is 1.34. The number of nitrogens with one attached hydrogen (secondary N) is 1. The zero-order chi connectivity index (χ0) is 20.4. The van der Waals surface area contributed by atoms with E-state index in [-0.39, 0.29) is 11.4 Å². The van der Waals surface area contributed by atoms with Gasteiger partial charge in [0.05, 0.1) is 6.04 Å². The maximum absolute atomic E-state index is 12.8. The Morgan fingerprint density at radius 2 is 1.64 bits per heavy atom. The van der Waals surface area contributed by atoms with E-state index < -0.39 is 23.1 Å². The maximum Gasteiger partial charge on any atom is 0.332 e. The Balaban J connectivity index is 1.78. The molecule has 0 unspecified atom stereocenters. The summed E-state index contributed by atoms with van der Waals surface area (Å²) in [4.78, 5) is 39.5. The van der Waals surface area contributed by atoms with Gasteiger partial charge in [-0.25, -0.2) is 4.79 Å². The van der Waals surface area contributed by atoms with Gasteiger partial charge in [0.15, 0.2) is 5.78 Å². The maximum atomic E-state index is 12.8. The van der Waals surface area contributed by atoms with Gasteiger partial charge in [-0.05, 0) is 50.5 Å². The zero-order valence-corrected chi connectivity index (χ0v) is 16.6. The minimum absolute atomic E-state index is 0.118. The number of piperidine rings is 1. The van der Waals surface area contributed by atoms with E-state index >= 15 is 0 Å². The van der Waals surface area contributed by atoms with Gasteiger partial charge in [0.25, 0.3) is 5.56 Å². The first-order valence-corrected chi connectivity index (χ1v) is 9.52. The number of carbonyl (C=O) groups is 1. The molecule has 1 aromatic carbocycles.